The van der Waals surface area contributed by atoms with Gasteiger partial charge >= 0.3 is 0 Å². The van der Waals surface area contributed by atoms with Crippen LogP contribution in [0.2, 0.25) is 0 Å². The van der Waals surface area contributed by atoms with Crippen LogP contribution >= 0.6 is 12.4 Å². The monoisotopic (exact) mass is 300 g/mol. The van der Waals surface area contributed by atoms with Crippen molar-refractivity contribution >= 4 is 18.3 Å². The molecule has 1 aromatic rings. The maximum atomic E-state index is 12.0. The maximum Gasteiger partial charge on any atom is 0.251 e. The Labute approximate surface area is 127 Å². The molecule has 114 valence electrons. The van der Waals surface area contributed by atoms with Gasteiger partial charge in [0.25, 0.3) is 5.91 Å². The topological polar surface area (TPSA) is 75.3 Å². The summed E-state index contributed by atoms with van der Waals surface area (Å²) in [5.74, 6) is -0.0951. The Hall–Kier alpha value is -1.10. The van der Waals surface area contributed by atoms with Crippen LogP contribution in [0.15, 0.2) is 24.3 Å². The number of aliphatic hydroxyl groups excluding tert-OH is 1. The first-order chi connectivity index (χ1) is 8.84. The van der Waals surface area contributed by atoms with Gasteiger partial charge in [-0.25, -0.2) is 0 Å². The van der Waals surface area contributed by atoms with Crippen LogP contribution in [0, 0.1) is 5.41 Å². The normalized spacial score (nSPS) is 12.4. The smallest absolute Gasteiger partial charge is 0.251 e. The molecule has 0 spiro atoms. The van der Waals surface area contributed by atoms with Crippen molar-refractivity contribution in [3.63, 3.8) is 0 Å². The molecular formula is C15H25ClN2O2. The molecule has 20 heavy (non-hydrogen) atoms. The summed E-state index contributed by atoms with van der Waals surface area (Å²) < 4.78 is 0. The van der Waals surface area contributed by atoms with Crippen molar-refractivity contribution in [2.24, 2.45) is 11.1 Å². The first-order valence-electron chi connectivity index (χ1n) is 6.59. The Morgan fingerprint density at radius 3 is 2.35 bits per heavy atom. The molecule has 4 nitrogen and oxygen atoms in total. The highest BCUT2D eigenvalue weighted by Crippen LogP contribution is 2.21. The summed E-state index contributed by atoms with van der Waals surface area (Å²) in [6.45, 7) is 6.82. The van der Waals surface area contributed by atoms with E-state index < -0.39 is 0 Å². The second kappa shape index (κ2) is 8.25. The lowest BCUT2D eigenvalue weighted by molar-refractivity contribution is 0.0902. The molecule has 0 bridgehead atoms. The van der Waals surface area contributed by atoms with Crippen molar-refractivity contribution in [1.82, 2.24) is 5.32 Å². The largest absolute Gasteiger partial charge is 0.393 e. The summed E-state index contributed by atoms with van der Waals surface area (Å²) in [7, 11) is 0. The number of hydrogen-bond donors (Lipinski definition) is 3. The average Bonchev–Trinajstić information content (AvgIpc) is 2.34. The summed E-state index contributed by atoms with van der Waals surface area (Å²) in [5, 5.41) is 12.3. The zero-order chi connectivity index (χ0) is 14.5. The fourth-order valence-corrected chi connectivity index (χ4v) is 2.09. The number of halogens is 1. The van der Waals surface area contributed by atoms with Crippen LogP contribution in [-0.2, 0) is 6.54 Å². The predicted molar refractivity (Wildman–Crippen MR) is 84.0 cm³/mol. The minimum absolute atomic E-state index is 0. The molecule has 1 aromatic carbocycles. The lowest BCUT2D eigenvalue weighted by Gasteiger charge is -2.26. The molecule has 1 unspecified atom stereocenters. The molecule has 0 aliphatic heterocycles. The fourth-order valence-electron chi connectivity index (χ4n) is 2.09. The Morgan fingerprint density at radius 2 is 1.90 bits per heavy atom. The van der Waals surface area contributed by atoms with Crippen LogP contribution < -0.4 is 11.1 Å². The van der Waals surface area contributed by atoms with Crippen molar-refractivity contribution in [3.8, 4) is 0 Å². The number of benzene rings is 1. The molecule has 1 atom stereocenters. The van der Waals surface area contributed by atoms with Crippen LogP contribution in [-0.4, -0.2) is 23.7 Å². The van der Waals surface area contributed by atoms with Crippen molar-refractivity contribution in [2.45, 2.75) is 39.8 Å². The second-order valence-corrected chi connectivity index (χ2v) is 5.80. The highest BCUT2D eigenvalue weighted by Gasteiger charge is 2.21. The molecule has 0 fully saturated rings. The lowest BCUT2D eigenvalue weighted by atomic mass is 9.87. The Morgan fingerprint density at radius 1 is 1.35 bits per heavy atom. The number of nitrogens with one attached hydrogen (secondary N) is 1. The van der Waals surface area contributed by atoms with E-state index in [9.17, 15) is 9.90 Å². The van der Waals surface area contributed by atoms with Gasteiger partial charge in [-0.3, -0.25) is 4.79 Å². The minimum Gasteiger partial charge on any atom is -0.393 e. The molecule has 0 aliphatic rings. The molecule has 1 rings (SSSR count). The molecule has 5 heteroatoms. The lowest BCUT2D eigenvalue weighted by Crippen LogP contribution is -2.35. The molecule has 0 radical (unpaired) electrons. The Bertz CT molecular complexity index is 416. The first-order valence-corrected chi connectivity index (χ1v) is 6.59. The van der Waals surface area contributed by atoms with Crippen molar-refractivity contribution in [2.75, 3.05) is 6.54 Å². The van der Waals surface area contributed by atoms with Gasteiger partial charge in [0.05, 0.1) is 6.10 Å². The van der Waals surface area contributed by atoms with Gasteiger partial charge in [0.1, 0.15) is 0 Å². The fraction of sp³-hybridized carbons (Fsp3) is 0.533. The molecule has 4 N–H and O–H groups in total. The van der Waals surface area contributed by atoms with Crippen LogP contribution in [0.3, 0.4) is 0 Å². The highest BCUT2D eigenvalue weighted by molar-refractivity contribution is 5.94. The number of hydrogen-bond acceptors (Lipinski definition) is 3. The number of rotatable bonds is 6. The summed E-state index contributed by atoms with van der Waals surface area (Å²) >= 11 is 0. The number of carbonyl (C=O) groups excluding carboxylic acids is 1. The number of amides is 1. The molecule has 0 saturated heterocycles. The summed E-state index contributed by atoms with van der Waals surface area (Å²) in [6.07, 6.45) is 0.287. The third kappa shape index (κ3) is 6.37. The zero-order valence-electron chi connectivity index (χ0n) is 12.3. The third-order valence-electron chi connectivity index (χ3n) is 3.03. The van der Waals surface area contributed by atoms with E-state index in [0.29, 0.717) is 25.1 Å². The number of carbonyl (C=O) groups is 1. The van der Waals surface area contributed by atoms with Gasteiger partial charge in [-0.05, 0) is 36.5 Å². The zero-order valence-corrected chi connectivity index (χ0v) is 13.2. The van der Waals surface area contributed by atoms with Crippen LogP contribution in [0.4, 0.5) is 0 Å². The second-order valence-electron chi connectivity index (χ2n) is 5.80. The van der Waals surface area contributed by atoms with Crippen LogP contribution in [0.25, 0.3) is 0 Å². The SMILES string of the molecule is CC(O)CC(C)(C)CNC(=O)c1ccc(CN)cc1.Cl. The van der Waals surface area contributed by atoms with Gasteiger partial charge in [-0.15, -0.1) is 12.4 Å². The van der Waals surface area contributed by atoms with Gasteiger partial charge in [-0.2, -0.15) is 0 Å². The maximum absolute atomic E-state index is 12.0. The molecular weight excluding hydrogens is 276 g/mol. The van der Waals surface area contributed by atoms with E-state index in [1.54, 1.807) is 19.1 Å². The van der Waals surface area contributed by atoms with Gasteiger partial charge in [0, 0.05) is 18.7 Å². The number of aliphatic hydroxyl groups is 1. The van der Waals surface area contributed by atoms with Gasteiger partial charge in [0.2, 0.25) is 0 Å². The van der Waals surface area contributed by atoms with Crippen LogP contribution in [0.1, 0.15) is 43.1 Å². The van der Waals surface area contributed by atoms with Crippen molar-refractivity contribution in [1.29, 1.82) is 0 Å². The van der Waals surface area contributed by atoms with E-state index in [4.69, 9.17) is 5.73 Å². The highest BCUT2D eigenvalue weighted by atomic mass is 35.5. The standard InChI is InChI=1S/C15H24N2O2.ClH/c1-11(18)8-15(2,3)10-17-14(19)13-6-4-12(9-16)5-7-13;/h4-7,11,18H,8-10,16H2,1-3H3,(H,17,19);1H. The summed E-state index contributed by atoms with van der Waals surface area (Å²) in [5.41, 5.74) is 7.03. The van der Waals surface area contributed by atoms with E-state index >= 15 is 0 Å². The summed E-state index contributed by atoms with van der Waals surface area (Å²) in [6, 6.07) is 7.27. The first kappa shape index (κ1) is 18.9. The van der Waals surface area contributed by atoms with Gasteiger partial charge < -0.3 is 16.2 Å². The van der Waals surface area contributed by atoms with E-state index in [-0.39, 0.29) is 29.8 Å². The van der Waals surface area contributed by atoms with E-state index in [0.717, 1.165) is 5.56 Å². The molecule has 0 aromatic heterocycles. The van der Waals surface area contributed by atoms with Gasteiger partial charge in [0.15, 0.2) is 0 Å². The van der Waals surface area contributed by atoms with E-state index in [1.807, 2.05) is 26.0 Å². The van der Waals surface area contributed by atoms with Gasteiger partial charge in [-0.1, -0.05) is 26.0 Å². The average molecular weight is 301 g/mol. The summed E-state index contributed by atoms with van der Waals surface area (Å²) in [4.78, 5) is 12.0. The van der Waals surface area contributed by atoms with Crippen molar-refractivity contribution < 1.29 is 9.90 Å². The van der Waals surface area contributed by atoms with Crippen molar-refractivity contribution in [3.05, 3.63) is 35.4 Å². The predicted octanol–water partition coefficient (Wildman–Crippen LogP) is 2.09. The third-order valence-corrected chi connectivity index (χ3v) is 3.03. The molecule has 0 heterocycles. The Kier molecular flexibility index (Phi) is 7.79. The minimum atomic E-state index is -0.365. The van der Waals surface area contributed by atoms with E-state index in [1.165, 1.54) is 0 Å². The van der Waals surface area contributed by atoms with Crippen LogP contribution in [0.5, 0.6) is 0 Å². The molecule has 0 aliphatic carbocycles. The van der Waals surface area contributed by atoms with E-state index in [2.05, 4.69) is 5.32 Å². The number of nitrogens with two attached hydrogens (primary N) is 1. The quantitative estimate of drug-likeness (QED) is 0.753. The Balaban J connectivity index is 0.00000361. The molecule has 1 amide bonds. The molecule has 0 saturated carbocycles.